The topological polar surface area (TPSA) is 25.8 Å². The highest BCUT2D eigenvalue weighted by molar-refractivity contribution is 7.25. The molecule has 0 saturated carbocycles. The predicted octanol–water partition coefficient (Wildman–Crippen LogP) is 14.6. The van der Waals surface area contributed by atoms with Gasteiger partial charge in [-0.3, -0.25) is 0 Å². The average molecular weight is 717 g/mol. The van der Waals surface area contributed by atoms with Crippen LogP contribution in [0.3, 0.4) is 0 Å². The summed E-state index contributed by atoms with van der Waals surface area (Å²) >= 11 is 1.83. The first-order valence-electron chi connectivity index (χ1n) is 18.6. The molecule has 0 saturated heterocycles. The van der Waals surface area contributed by atoms with Crippen LogP contribution in [-0.2, 0) is 0 Å². The van der Waals surface area contributed by atoms with Gasteiger partial charge >= 0.3 is 0 Å². The van der Waals surface area contributed by atoms with Gasteiger partial charge in [-0.2, -0.15) is 0 Å². The third-order valence-corrected chi connectivity index (χ3v) is 12.0. The lowest BCUT2D eigenvalue weighted by Crippen LogP contribution is -1.96. The molecule has 2 aromatic heterocycles. The molecule has 0 amide bonds. The number of benzene rings is 9. The minimum atomic E-state index is 0.704. The lowest BCUT2D eigenvalue weighted by Gasteiger charge is -2.15. The van der Waals surface area contributed by atoms with Crippen molar-refractivity contribution in [3.63, 3.8) is 0 Å². The molecular weight excluding hydrogens is 685 g/mol. The standard InChI is InChI=1S/C52H32N2S/c1-2-10-33(11-3-1)34-18-20-36(21-19-34)47-32-48(40-27-29-50-46(31-40)43-16-8-9-17-49(43)55-50)54-52(53-47)38-24-22-37(23-25-38)51-42-15-7-5-13-39(42)30-45-41-14-6-4-12-35(41)26-28-44(45)51/h1-32H. The van der Waals surface area contributed by atoms with E-state index in [1.54, 1.807) is 0 Å². The minimum absolute atomic E-state index is 0.704. The van der Waals surface area contributed by atoms with Gasteiger partial charge < -0.3 is 0 Å². The molecule has 11 aromatic rings. The van der Waals surface area contributed by atoms with E-state index < -0.39 is 0 Å². The smallest absolute Gasteiger partial charge is 0.160 e. The van der Waals surface area contributed by atoms with Gasteiger partial charge in [-0.05, 0) is 84.9 Å². The molecule has 3 heteroatoms. The Hall–Kier alpha value is -6.94. The van der Waals surface area contributed by atoms with E-state index in [1.165, 1.54) is 74.7 Å². The second-order valence-corrected chi connectivity index (χ2v) is 15.2. The fourth-order valence-electron chi connectivity index (χ4n) is 8.14. The molecule has 0 bridgehead atoms. The molecular formula is C52H32N2S. The Morgan fingerprint density at radius 2 is 0.873 bits per heavy atom. The van der Waals surface area contributed by atoms with E-state index in [9.17, 15) is 0 Å². The molecule has 0 fully saturated rings. The van der Waals surface area contributed by atoms with E-state index in [0.29, 0.717) is 5.82 Å². The number of nitrogens with zero attached hydrogens (tertiary/aromatic N) is 2. The molecule has 256 valence electrons. The Labute approximate surface area is 322 Å². The molecule has 0 N–H and O–H groups in total. The largest absolute Gasteiger partial charge is 0.228 e. The lowest BCUT2D eigenvalue weighted by molar-refractivity contribution is 1.18. The van der Waals surface area contributed by atoms with E-state index in [-0.39, 0.29) is 0 Å². The summed E-state index contributed by atoms with van der Waals surface area (Å²) in [6.07, 6.45) is 0. The van der Waals surface area contributed by atoms with Gasteiger partial charge in [0.25, 0.3) is 0 Å². The van der Waals surface area contributed by atoms with Crippen LogP contribution in [0.15, 0.2) is 194 Å². The summed E-state index contributed by atoms with van der Waals surface area (Å²) in [6, 6.07) is 69.8. The lowest BCUT2D eigenvalue weighted by atomic mass is 9.89. The first kappa shape index (κ1) is 31.6. The predicted molar refractivity (Wildman–Crippen MR) is 235 cm³/mol. The van der Waals surface area contributed by atoms with Crippen molar-refractivity contribution in [3.05, 3.63) is 194 Å². The van der Waals surface area contributed by atoms with Crippen LogP contribution in [0.1, 0.15) is 0 Å². The Balaban J connectivity index is 1.06. The van der Waals surface area contributed by atoms with Crippen LogP contribution >= 0.6 is 11.3 Å². The molecule has 55 heavy (non-hydrogen) atoms. The maximum atomic E-state index is 5.26. The summed E-state index contributed by atoms with van der Waals surface area (Å²) in [6.45, 7) is 0. The van der Waals surface area contributed by atoms with Crippen molar-refractivity contribution >= 4 is 63.8 Å². The molecule has 9 aromatic carbocycles. The van der Waals surface area contributed by atoms with Crippen LogP contribution < -0.4 is 0 Å². The summed E-state index contributed by atoms with van der Waals surface area (Å²) in [5.41, 5.74) is 9.69. The van der Waals surface area contributed by atoms with Gasteiger partial charge in [0.1, 0.15) is 0 Å². The van der Waals surface area contributed by atoms with Crippen molar-refractivity contribution in [2.45, 2.75) is 0 Å². The van der Waals surface area contributed by atoms with E-state index in [0.717, 1.165) is 28.1 Å². The van der Waals surface area contributed by atoms with Crippen LogP contribution in [0.4, 0.5) is 0 Å². The maximum Gasteiger partial charge on any atom is 0.160 e. The van der Waals surface area contributed by atoms with Crippen molar-refractivity contribution in [2.75, 3.05) is 0 Å². The van der Waals surface area contributed by atoms with Gasteiger partial charge in [0.15, 0.2) is 5.82 Å². The average Bonchev–Trinajstić information content (AvgIpc) is 3.64. The molecule has 0 unspecified atom stereocenters. The monoisotopic (exact) mass is 716 g/mol. The van der Waals surface area contributed by atoms with Crippen LogP contribution in [0, 0.1) is 0 Å². The number of aromatic nitrogens is 2. The van der Waals surface area contributed by atoms with Crippen molar-refractivity contribution in [3.8, 4) is 56.2 Å². The fourth-order valence-corrected chi connectivity index (χ4v) is 9.23. The van der Waals surface area contributed by atoms with Gasteiger partial charge in [0.05, 0.1) is 11.4 Å². The molecule has 0 aliphatic heterocycles. The molecule has 2 nitrogen and oxygen atoms in total. The zero-order valence-corrected chi connectivity index (χ0v) is 30.6. The zero-order valence-electron chi connectivity index (χ0n) is 29.8. The van der Waals surface area contributed by atoms with Crippen LogP contribution in [-0.4, -0.2) is 9.97 Å². The number of hydrogen-bond acceptors (Lipinski definition) is 3. The highest BCUT2D eigenvalue weighted by atomic mass is 32.1. The highest BCUT2D eigenvalue weighted by Gasteiger charge is 2.16. The molecule has 0 aliphatic carbocycles. The molecule has 0 aliphatic rings. The van der Waals surface area contributed by atoms with Crippen molar-refractivity contribution in [2.24, 2.45) is 0 Å². The second kappa shape index (κ2) is 12.9. The molecule has 2 heterocycles. The van der Waals surface area contributed by atoms with Crippen LogP contribution in [0.5, 0.6) is 0 Å². The summed E-state index contributed by atoms with van der Waals surface area (Å²) < 4.78 is 2.57. The third-order valence-electron chi connectivity index (χ3n) is 10.9. The van der Waals surface area contributed by atoms with Gasteiger partial charge in [0.2, 0.25) is 0 Å². The SMILES string of the molecule is c1ccc(-c2ccc(-c3cc(-c4ccc5sc6ccccc6c5c4)nc(-c4ccc(-c5c6ccccc6cc6c5ccc5ccccc56)cc4)n3)cc2)cc1. The van der Waals surface area contributed by atoms with Crippen molar-refractivity contribution in [1.82, 2.24) is 9.97 Å². The summed E-state index contributed by atoms with van der Waals surface area (Å²) in [5.74, 6) is 0.704. The quantitative estimate of drug-likeness (QED) is 0.131. The Morgan fingerprint density at radius 1 is 0.291 bits per heavy atom. The van der Waals surface area contributed by atoms with Gasteiger partial charge in [-0.15, -0.1) is 11.3 Å². The zero-order chi connectivity index (χ0) is 36.3. The fraction of sp³-hybridized carbons (Fsp3) is 0. The normalized spacial score (nSPS) is 11.6. The second-order valence-electron chi connectivity index (χ2n) is 14.1. The summed E-state index contributed by atoms with van der Waals surface area (Å²) in [4.78, 5) is 10.5. The Bertz CT molecular complexity index is 3230. The number of rotatable bonds is 5. The Morgan fingerprint density at radius 3 is 1.69 bits per heavy atom. The third kappa shape index (κ3) is 5.48. The van der Waals surface area contributed by atoms with Crippen molar-refractivity contribution in [1.29, 1.82) is 0 Å². The minimum Gasteiger partial charge on any atom is -0.228 e. The van der Waals surface area contributed by atoms with E-state index >= 15 is 0 Å². The van der Waals surface area contributed by atoms with Gasteiger partial charge in [0, 0.05) is 36.9 Å². The van der Waals surface area contributed by atoms with Crippen molar-refractivity contribution < 1.29 is 0 Å². The summed E-state index contributed by atoms with van der Waals surface area (Å²) in [7, 11) is 0. The van der Waals surface area contributed by atoms with E-state index in [2.05, 4.69) is 194 Å². The first-order chi connectivity index (χ1) is 27.2. The highest BCUT2D eigenvalue weighted by Crippen LogP contribution is 2.41. The number of thiophene rings is 1. The molecule has 0 atom stereocenters. The van der Waals surface area contributed by atoms with E-state index in [1.807, 2.05) is 11.3 Å². The summed E-state index contributed by atoms with van der Waals surface area (Å²) in [5, 5.41) is 10.1. The van der Waals surface area contributed by atoms with Crippen LogP contribution in [0.25, 0.3) is 109 Å². The molecule has 11 rings (SSSR count). The molecule has 0 spiro atoms. The number of hydrogen-bond donors (Lipinski definition) is 0. The van der Waals surface area contributed by atoms with Crippen LogP contribution in [0.2, 0.25) is 0 Å². The Kier molecular flexibility index (Phi) is 7.39. The van der Waals surface area contributed by atoms with Gasteiger partial charge in [-0.1, -0.05) is 164 Å². The maximum absolute atomic E-state index is 5.26. The number of fused-ring (bicyclic) bond motifs is 7. The van der Waals surface area contributed by atoms with Gasteiger partial charge in [-0.25, -0.2) is 9.97 Å². The van der Waals surface area contributed by atoms with E-state index in [4.69, 9.17) is 9.97 Å². The first-order valence-corrected chi connectivity index (χ1v) is 19.5. The molecule has 0 radical (unpaired) electrons.